The highest BCUT2D eigenvalue weighted by Crippen LogP contribution is 2.30. The molecule has 0 N–H and O–H groups in total. The average molecular weight is 384 g/mol. The predicted molar refractivity (Wildman–Crippen MR) is 101 cm³/mol. The highest BCUT2D eigenvalue weighted by molar-refractivity contribution is 6.35. The molecule has 27 heavy (non-hydrogen) atoms. The molecule has 2 amide bonds. The summed E-state index contributed by atoms with van der Waals surface area (Å²) in [6, 6.07) is 11.0. The summed E-state index contributed by atoms with van der Waals surface area (Å²) in [4.78, 5) is 39.0. The molecule has 0 atom stereocenters. The van der Waals surface area contributed by atoms with Crippen LogP contribution >= 0.6 is 11.6 Å². The second-order valence-electron chi connectivity index (χ2n) is 6.85. The summed E-state index contributed by atoms with van der Waals surface area (Å²) in [5.74, 6) is -1.32. The van der Waals surface area contributed by atoms with E-state index in [2.05, 4.69) is 0 Å². The molecule has 0 bridgehead atoms. The minimum Gasteiger partial charge on any atom is -0.459 e. The van der Waals surface area contributed by atoms with E-state index in [-0.39, 0.29) is 17.2 Å². The molecule has 0 radical (unpaired) electrons. The lowest BCUT2D eigenvalue weighted by molar-refractivity contribution is 0.0211. The minimum atomic E-state index is -0.454. The van der Waals surface area contributed by atoms with E-state index in [0.717, 1.165) is 30.6 Å². The molecule has 0 spiro atoms. The van der Waals surface area contributed by atoms with Crippen molar-refractivity contribution in [2.24, 2.45) is 0 Å². The molecular formula is C21H18ClNO4. The number of ether oxygens (including phenoxy) is 1. The first-order valence-corrected chi connectivity index (χ1v) is 9.42. The fourth-order valence-corrected chi connectivity index (χ4v) is 3.72. The van der Waals surface area contributed by atoms with Crippen molar-refractivity contribution in [2.75, 3.05) is 4.90 Å². The quantitative estimate of drug-likeness (QED) is 0.572. The first-order valence-electron chi connectivity index (χ1n) is 9.04. The maximum absolute atomic E-state index is 12.8. The molecule has 1 aliphatic heterocycles. The van der Waals surface area contributed by atoms with Gasteiger partial charge in [-0.3, -0.25) is 9.59 Å². The zero-order chi connectivity index (χ0) is 19.0. The summed E-state index contributed by atoms with van der Waals surface area (Å²) < 4.78 is 5.56. The van der Waals surface area contributed by atoms with Crippen molar-refractivity contribution in [1.82, 2.24) is 0 Å². The summed E-state index contributed by atoms with van der Waals surface area (Å²) in [7, 11) is 0. The number of fused-ring (bicyclic) bond motifs is 1. The third-order valence-electron chi connectivity index (χ3n) is 5.03. The topological polar surface area (TPSA) is 63.7 Å². The highest BCUT2D eigenvalue weighted by Gasteiger charge is 2.37. The number of amides is 2. The van der Waals surface area contributed by atoms with Gasteiger partial charge in [0.25, 0.3) is 11.8 Å². The highest BCUT2D eigenvalue weighted by atomic mass is 35.5. The van der Waals surface area contributed by atoms with Gasteiger partial charge in [-0.1, -0.05) is 18.0 Å². The van der Waals surface area contributed by atoms with Crippen LogP contribution in [0, 0.1) is 0 Å². The standard InChI is InChI=1S/C21H18ClNO4/c22-14-7-9-15(10-8-14)23-19(24)17-11-6-13(12-18(17)20(23)25)21(26)27-16-4-2-1-3-5-16/h6-12,16H,1-5H2. The summed E-state index contributed by atoms with van der Waals surface area (Å²) >= 11 is 5.88. The molecule has 2 aromatic rings. The molecule has 1 aliphatic carbocycles. The Balaban J connectivity index is 1.58. The molecule has 2 aromatic carbocycles. The molecule has 5 nitrogen and oxygen atoms in total. The monoisotopic (exact) mass is 383 g/mol. The Morgan fingerprint density at radius 2 is 1.59 bits per heavy atom. The normalized spacial score (nSPS) is 17.1. The van der Waals surface area contributed by atoms with Crippen LogP contribution in [0.4, 0.5) is 5.69 Å². The number of halogens is 1. The maximum atomic E-state index is 12.8. The Morgan fingerprint density at radius 1 is 0.926 bits per heavy atom. The number of esters is 1. The molecule has 1 fully saturated rings. The van der Waals surface area contributed by atoms with Crippen LogP contribution in [-0.4, -0.2) is 23.9 Å². The SMILES string of the molecule is O=C(OC1CCCCC1)c1ccc2c(c1)C(=O)N(c1ccc(Cl)cc1)C2=O. The molecule has 1 heterocycles. The molecule has 0 aromatic heterocycles. The van der Waals surface area contributed by atoms with Crippen molar-refractivity contribution < 1.29 is 19.1 Å². The van der Waals surface area contributed by atoms with E-state index < -0.39 is 17.8 Å². The molecule has 4 rings (SSSR count). The summed E-state index contributed by atoms with van der Waals surface area (Å²) in [6.45, 7) is 0. The number of benzene rings is 2. The van der Waals surface area contributed by atoms with E-state index in [1.54, 1.807) is 30.3 Å². The van der Waals surface area contributed by atoms with Gasteiger partial charge in [0.15, 0.2) is 0 Å². The lowest BCUT2D eigenvalue weighted by Crippen LogP contribution is -2.29. The van der Waals surface area contributed by atoms with Crippen molar-refractivity contribution in [1.29, 1.82) is 0 Å². The van der Waals surface area contributed by atoms with Gasteiger partial charge in [-0.15, -0.1) is 0 Å². The third-order valence-corrected chi connectivity index (χ3v) is 5.28. The molecule has 1 saturated carbocycles. The van der Waals surface area contributed by atoms with Gasteiger partial charge in [0.2, 0.25) is 0 Å². The Bertz CT molecular complexity index is 916. The number of hydrogen-bond donors (Lipinski definition) is 0. The van der Waals surface area contributed by atoms with Gasteiger partial charge in [0.1, 0.15) is 6.10 Å². The second kappa shape index (κ2) is 7.16. The van der Waals surface area contributed by atoms with E-state index in [1.807, 2.05) is 0 Å². The smallest absolute Gasteiger partial charge is 0.338 e. The van der Waals surface area contributed by atoms with Gasteiger partial charge in [-0.25, -0.2) is 9.69 Å². The van der Waals surface area contributed by atoms with Crippen molar-refractivity contribution in [2.45, 2.75) is 38.2 Å². The maximum Gasteiger partial charge on any atom is 0.338 e. The molecule has 0 saturated heterocycles. The van der Waals surface area contributed by atoms with Gasteiger partial charge < -0.3 is 4.74 Å². The van der Waals surface area contributed by atoms with Crippen LogP contribution in [0.2, 0.25) is 5.02 Å². The largest absolute Gasteiger partial charge is 0.459 e. The van der Waals surface area contributed by atoms with Crippen LogP contribution in [0.25, 0.3) is 0 Å². The third kappa shape index (κ3) is 3.35. The fraction of sp³-hybridized carbons (Fsp3) is 0.286. The van der Waals surface area contributed by atoms with Crippen molar-refractivity contribution >= 4 is 35.1 Å². The van der Waals surface area contributed by atoms with Crippen molar-refractivity contribution in [3.8, 4) is 0 Å². The molecule has 0 unspecified atom stereocenters. The van der Waals surface area contributed by atoms with Crippen LogP contribution in [0.3, 0.4) is 0 Å². The van der Waals surface area contributed by atoms with Crippen LogP contribution in [0.1, 0.15) is 63.2 Å². The van der Waals surface area contributed by atoms with E-state index in [4.69, 9.17) is 16.3 Å². The van der Waals surface area contributed by atoms with Gasteiger partial charge in [-0.05, 0) is 68.1 Å². The minimum absolute atomic E-state index is 0.0672. The van der Waals surface area contributed by atoms with E-state index in [0.29, 0.717) is 16.3 Å². The molecular weight excluding hydrogens is 366 g/mol. The predicted octanol–water partition coefficient (Wildman–Crippen LogP) is 4.63. The van der Waals surface area contributed by atoms with Crippen LogP contribution < -0.4 is 4.90 Å². The number of imide groups is 1. The zero-order valence-corrected chi connectivity index (χ0v) is 15.4. The van der Waals surface area contributed by atoms with Gasteiger partial charge in [0, 0.05) is 5.02 Å². The summed E-state index contributed by atoms with van der Waals surface area (Å²) in [6.07, 6.45) is 4.97. The van der Waals surface area contributed by atoms with E-state index in [9.17, 15) is 14.4 Å². The summed E-state index contributed by atoms with van der Waals surface area (Å²) in [5, 5.41) is 0.517. The Kier molecular flexibility index (Phi) is 4.70. The summed E-state index contributed by atoms with van der Waals surface area (Å²) in [5.41, 5.74) is 1.23. The number of carbonyl (C=O) groups is 3. The second-order valence-corrected chi connectivity index (χ2v) is 7.28. The molecule has 6 heteroatoms. The number of anilines is 1. The Hall–Kier alpha value is -2.66. The van der Waals surface area contributed by atoms with Gasteiger partial charge in [-0.2, -0.15) is 0 Å². The van der Waals surface area contributed by atoms with Crippen molar-refractivity contribution in [3.63, 3.8) is 0 Å². The number of carbonyl (C=O) groups excluding carboxylic acids is 3. The fourth-order valence-electron chi connectivity index (χ4n) is 3.59. The average Bonchev–Trinajstić information content (AvgIpc) is 2.93. The number of nitrogens with zero attached hydrogens (tertiary/aromatic N) is 1. The van der Waals surface area contributed by atoms with Crippen LogP contribution in [0.15, 0.2) is 42.5 Å². The zero-order valence-electron chi connectivity index (χ0n) is 14.6. The number of rotatable bonds is 3. The van der Waals surface area contributed by atoms with E-state index in [1.165, 1.54) is 18.6 Å². The molecule has 138 valence electrons. The van der Waals surface area contributed by atoms with Crippen LogP contribution in [0.5, 0.6) is 0 Å². The molecule has 2 aliphatic rings. The Labute approximate surface area is 161 Å². The lowest BCUT2D eigenvalue weighted by atomic mass is 9.97. The first-order chi connectivity index (χ1) is 13.0. The number of hydrogen-bond acceptors (Lipinski definition) is 4. The van der Waals surface area contributed by atoms with Crippen LogP contribution in [-0.2, 0) is 4.74 Å². The van der Waals surface area contributed by atoms with Gasteiger partial charge in [0.05, 0.1) is 22.4 Å². The van der Waals surface area contributed by atoms with Gasteiger partial charge >= 0.3 is 5.97 Å². The lowest BCUT2D eigenvalue weighted by Gasteiger charge is -2.21. The van der Waals surface area contributed by atoms with Crippen molar-refractivity contribution in [3.05, 3.63) is 64.2 Å². The van der Waals surface area contributed by atoms with E-state index >= 15 is 0 Å². The first kappa shape index (κ1) is 17.7. The Morgan fingerprint density at radius 3 is 2.30 bits per heavy atom.